The summed E-state index contributed by atoms with van der Waals surface area (Å²) in [7, 11) is -11.3. The molecule has 0 aliphatic carbocycles. The molecule has 3 unspecified atom stereocenters. The Hall–Kier alpha value is -3.39. The van der Waals surface area contributed by atoms with Crippen LogP contribution in [0.2, 0.25) is 0 Å². The molecule has 2 aliphatic rings. The van der Waals surface area contributed by atoms with Gasteiger partial charge < -0.3 is 45.1 Å². The number of esters is 2. The summed E-state index contributed by atoms with van der Waals surface area (Å²) in [6.07, 6.45) is 27.4. The Morgan fingerprint density at radius 2 is 1.39 bits per heavy atom. The van der Waals surface area contributed by atoms with Gasteiger partial charge in [0, 0.05) is 25.0 Å². The number of carbonyl (C=O) groups excluding carboxylic acids is 3. The van der Waals surface area contributed by atoms with Crippen molar-refractivity contribution in [3.63, 3.8) is 0 Å². The van der Waals surface area contributed by atoms with Gasteiger partial charge >= 0.3 is 33.3 Å². The van der Waals surface area contributed by atoms with E-state index in [9.17, 15) is 53.4 Å². The van der Waals surface area contributed by atoms with Crippen LogP contribution < -0.4 is 11.4 Å². The van der Waals surface area contributed by atoms with Gasteiger partial charge in [-0.2, -0.15) is 9.29 Å². The number of aliphatic hydroxyl groups excluding tert-OH is 3. The van der Waals surface area contributed by atoms with Crippen molar-refractivity contribution >= 4 is 39.2 Å². The SMILES string of the molecule is CCCCC[C@H](O)C=C[C@H]1C(=O)/C=C\[C@@H]2C/C=C\CCCC(=O)OC[C@@H](OC(=O)CCCCCCCCCCCCCCCCCCCCC(C)CC)COP(=O)(O)OP(=O)(O)OC[C@@H](O[C@H]2n2ccc(N)nc2=O)[C@@H](O)[C@H]1O. The zero-order valence-corrected chi connectivity index (χ0v) is 49.2. The molecule has 452 valence electrons. The van der Waals surface area contributed by atoms with Gasteiger partial charge in [0.25, 0.3) is 0 Å². The molecule has 0 fully saturated rings. The number of hydrogen-bond donors (Lipinski definition) is 6. The quantitative estimate of drug-likeness (QED) is 0.0180. The topological polar surface area (TPSA) is 303 Å². The van der Waals surface area contributed by atoms with Gasteiger partial charge in [-0.25, -0.2) is 13.9 Å². The minimum Gasteiger partial charge on any atom is -0.462 e. The van der Waals surface area contributed by atoms with Crippen molar-refractivity contribution < 1.29 is 76.2 Å². The van der Waals surface area contributed by atoms with E-state index in [1.807, 2.05) is 6.92 Å². The van der Waals surface area contributed by atoms with Crippen LogP contribution in [0.25, 0.3) is 0 Å². The Balaban J connectivity index is 1.62. The average Bonchev–Trinajstić information content (AvgIpc) is 3.41. The van der Waals surface area contributed by atoms with Crippen molar-refractivity contribution in [3.05, 3.63) is 59.2 Å². The van der Waals surface area contributed by atoms with Crippen LogP contribution in [-0.2, 0) is 51.1 Å². The van der Waals surface area contributed by atoms with E-state index in [2.05, 4.69) is 23.1 Å². The molecule has 0 saturated carbocycles. The van der Waals surface area contributed by atoms with Gasteiger partial charge in [-0.15, -0.1) is 0 Å². The maximum atomic E-state index is 13.9. The lowest BCUT2D eigenvalue weighted by Crippen LogP contribution is -2.49. The molecule has 20 nitrogen and oxygen atoms in total. The van der Waals surface area contributed by atoms with Gasteiger partial charge in [-0.3, -0.25) is 28.0 Å². The third-order valence-corrected chi connectivity index (χ3v) is 17.1. The molecule has 0 amide bonds. The fourth-order valence-corrected chi connectivity index (χ4v) is 11.5. The number of cyclic esters (lactones) is 1. The summed E-state index contributed by atoms with van der Waals surface area (Å²) in [6, 6.07) is 1.28. The largest absolute Gasteiger partial charge is 0.481 e. The zero-order chi connectivity index (χ0) is 57.9. The standard InChI is InChI=1S/C57H97N3O17P2/c1-4-6-25-32-46(61)36-37-48-49(62)38-35-45-31-27-23-24-28-33-52(63)72-41-47(75-53(64)34-29-22-20-18-16-14-12-10-8-7-9-11-13-15-17-19-21-26-30-44(3)5-2)42-73-78(68,69)77-79(70,71)74-43-50(55(66)54(48)65)76-56(45)60-40-39-51(58)59-57(60)67/h23,27,35-40,44-48,50,54-56,61,65-66H,4-22,24-26,28-34,41-43H2,1-3H3,(H,68,69)(H,70,71)(H2,58,59,67)/b27-23-,37-36?,38-35-/t44?,45-,46-,47+,48-,50+,54-,55+,56+/m0/s1. The lowest BCUT2D eigenvalue weighted by atomic mass is 9.88. The number of ketones is 1. The number of ether oxygens (including phenoxy) is 3. The van der Waals surface area contributed by atoms with Crippen LogP contribution >= 0.6 is 15.6 Å². The molecule has 0 saturated heterocycles. The first-order chi connectivity index (χ1) is 37.8. The molecular formula is C57H97N3O17P2. The third-order valence-electron chi connectivity index (χ3n) is 14.5. The van der Waals surface area contributed by atoms with Gasteiger partial charge in [0.05, 0.1) is 31.3 Å². The molecule has 0 aromatic carbocycles. The monoisotopic (exact) mass is 1160 g/mol. The van der Waals surface area contributed by atoms with Crippen molar-refractivity contribution in [2.45, 2.75) is 244 Å². The molecule has 1 aromatic heterocycles. The zero-order valence-electron chi connectivity index (χ0n) is 47.4. The number of unbranched alkanes of at least 4 members (excludes halogenated alkanes) is 19. The first-order valence-electron chi connectivity index (χ1n) is 29.4. The fourth-order valence-electron chi connectivity index (χ4n) is 9.44. The second-order valence-corrected chi connectivity index (χ2v) is 24.5. The summed E-state index contributed by atoms with van der Waals surface area (Å²) >= 11 is 0. The fraction of sp³-hybridized carbons (Fsp3) is 0.772. The van der Waals surface area contributed by atoms with E-state index in [1.54, 1.807) is 12.2 Å². The van der Waals surface area contributed by atoms with Crippen molar-refractivity contribution in [2.24, 2.45) is 17.8 Å². The van der Waals surface area contributed by atoms with Crippen LogP contribution in [0.15, 0.2) is 53.5 Å². The average molecular weight is 1160 g/mol. The number of nitrogen functional groups attached to an aromatic ring is 1. The van der Waals surface area contributed by atoms with Crippen molar-refractivity contribution in [1.29, 1.82) is 0 Å². The highest BCUT2D eigenvalue weighted by Gasteiger charge is 2.42. The molecule has 2 aliphatic heterocycles. The van der Waals surface area contributed by atoms with Crippen molar-refractivity contribution in [1.82, 2.24) is 9.55 Å². The summed E-state index contributed by atoms with van der Waals surface area (Å²) < 4.78 is 59.3. The van der Waals surface area contributed by atoms with Crippen molar-refractivity contribution in [2.75, 3.05) is 25.6 Å². The predicted molar refractivity (Wildman–Crippen MR) is 302 cm³/mol. The number of aromatic nitrogens is 2. The molecule has 11 atom stereocenters. The van der Waals surface area contributed by atoms with E-state index in [4.69, 9.17) is 29.0 Å². The van der Waals surface area contributed by atoms with Crippen LogP contribution in [0, 0.1) is 17.8 Å². The normalized spacial score (nSPS) is 27.9. The van der Waals surface area contributed by atoms with E-state index in [0.29, 0.717) is 32.1 Å². The molecule has 0 radical (unpaired) electrons. The molecule has 22 heteroatoms. The van der Waals surface area contributed by atoms with E-state index >= 15 is 0 Å². The minimum atomic E-state index is -5.68. The maximum Gasteiger partial charge on any atom is 0.481 e. The molecule has 1 aromatic rings. The van der Waals surface area contributed by atoms with Gasteiger partial charge in [0.1, 0.15) is 30.9 Å². The Morgan fingerprint density at radius 3 is 1.99 bits per heavy atom. The number of nitrogens with zero attached hydrogens (tertiary/aromatic N) is 2. The molecule has 79 heavy (non-hydrogen) atoms. The van der Waals surface area contributed by atoms with E-state index < -0.39 is 107 Å². The maximum absolute atomic E-state index is 13.9. The lowest BCUT2D eigenvalue weighted by Gasteiger charge is -2.36. The summed E-state index contributed by atoms with van der Waals surface area (Å²) in [4.78, 5) is 78.2. The number of phosphoric ester groups is 2. The second kappa shape index (κ2) is 39.9. The molecule has 7 N–H and O–H groups in total. The molecular weight excluding hydrogens is 1060 g/mol. The van der Waals surface area contributed by atoms with Crippen LogP contribution in [0.4, 0.5) is 5.82 Å². The van der Waals surface area contributed by atoms with Crippen LogP contribution in [0.1, 0.15) is 213 Å². The first kappa shape index (κ1) is 69.9. The lowest BCUT2D eigenvalue weighted by molar-refractivity contribution is -0.167. The molecule has 0 spiro atoms. The Kier molecular flexibility index (Phi) is 35.3. The number of rotatable bonds is 30. The predicted octanol–water partition coefficient (Wildman–Crippen LogP) is 11.0. The molecule has 2 bridgehead atoms. The van der Waals surface area contributed by atoms with Crippen LogP contribution in [-0.4, -0.2) is 103 Å². The van der Waals surface area contributed by atoms with Gasteiger partial charge in [-0.05, 0) is 50.2 Å². The number of anilines is 1. The smallest absolute Gasteiger partial charge is 0.462 e. The number of hydrogen-bond acceptors (Lipinski definition) is 17. The number of nitrogens with two attached hydrogens (primary N) is 1. The number of fused-ring (bicyclic) bond motifs is 3. The highest BCUT2D eigenvalue weighted by molar-refractivity contribution is 7.61. The summed E-state index contributed by atoms with van der Waals surface area (Å²) in [6.45, 7) is 3.97. The minimum absolute atomic E-state index is 0.0130. The molecule has 3 rings (SSSR count). The highest BCUT2D eigenvalue weighted by Crippen LogP contribution is 2.60. The number of aliphatic hydroxyl groups is 3. The van der Waals surface area contributed by atoms with Gasteiger partial charge in [0.15, 0.2) is 11.9 Å². The third kappa shape index (κ3) is 30.5. The van der Waals surface area contributed by atoms with Gasteiger partial charge in [-0.1, -0.05) is 192 Å². The summed E-state index contributed by atoms with van der Waals surface area (Å²) in [5.41, 5.74) is 4.85. The number of carbonyl (C=O) groups is 3. The number of phosphoric acid groups is 2. The Labute approximate surface area is 469 Å². The summed E-state index contributed by atoms with van der Waals surface area (Å²) in [5.74, 6) is -3.81. The second-order valence-electron chi connectivity index (χ2n) is 21.4. The van der Waals surface area contributed by atoms with E-state index in [1.165, 1.54) is 127 Å². The van der Waals surface area contributed by atoms with Crippen LogP contribution in [0.5, 0.6) is 0 Å². The van der Waals surface area contributed by atoms with E-state index in [-0.39, 0.29) is 25.1 Å². The van der Waals surface area contributed by atoms with E-state index in [0.717, 1.165) is 55.1 Å². The Morgan fingerprint density at radius 1 is 0.810 bits per heavy atom. The van der Waals surface area contributed by atoms with Crippen LogP contribution in [0.3, 0.4) is 0 Å². The Bertz CT molecular complexity index is 2140. The molecule has 3 heterocycles. The summed E-state index contributed by atoms with van der Waals surface area (Å²) in [5, 5.41) is 33.9. The first-order valence-corrected chi connectivity index (χ1v) is 32.4. The number of allylic oxidation sites excluding steroid dienone is 3. The van der Waals surface area contributed by atoms with Crippen molar-refractivity contribution in [3.8, 4) is 0 Å². The van der Waals surface area contributed by atoms with Gasteiger partial charge in [0.2, 0.25) is 0 Å². The highest BCUT2D eigenvalue weighted by atomic mass is 31.3.